The Morgan fingerprint density at radius 3 is 2.27 bits per heavy atom. The number of H-pyrrole nitrogens is 1. The highest BCUT2D eigenvalue weighted by Gasteiger charge is 2.08. The monoisotopic (exact) mass is 150 g/mol. The number of benzene rings is 1. The highest BCUT2D eigenvalue weighted by atomic mass is 16.7. The summed E-state index contributed by atoms with van der Waals surface area (Å²) in [5, 5.41) is 2.67. The number of hydrogen-bond acceptors (Lipinski definition) is 1. The summed E-state index contributed by atoms with van der Waals surface area (Å²) >= 11 is 0. The third-order valence-electron chi connectivity index (χ3n) is 1.83. The Hall–Kier alpha value is -1.38. The summed E-state index contributed by atoms with van der Waals surface area (Å²) in [6.07, 6.45) is 0. The highest BCUT2D eigenvalue weighted by molar-refractivity contribution is 5.44. The molecule has 0 saturated heterocycles. The summed E-state index contributed by atoms with van der Waals surface area (Å²) in [6.45, 7) is 4.12. The zero-order valence-electron chi connectivity index (χ0n) is 6.59. The predicted octanol–water partition coefficient (Wildman–Crippen LogP) is 2.02. The molecule has 1 N–H and O–H groups in total. The molecule has 1 heterocycles. The molecule has 2 aromatic rings. The van der Waals surface area contributed by atoms with Gasteiger partial charge in [-0.2, -0.15) is 0 Å². The topological polar surface area (TPSA) is 33.9 Å². The molecule has 2 rings (SSSR count). The first-order valence-electron chi connectivity index (χ1n) is 3.58. The summed E-state index contributed by atoms with van der Waals surface area (Å²) in [6, 6.07) is 6.16. The molecule has 0 atom stereocenters. The molecule has 0 aliphatic rings. The van der Waals surface area contributed by atoms with E-state index in [1.54, 1.807) is 4.85 Å². The molecule has 0 spiro atoms. The molecule has 0 saturated carbocycles. The second-order valence-corrected chi connectivity index (χ2v) is 2.72. The minimum absolute atomic E-state index is 1.12. The summed E-state index contributed by atoms with van der Waals surface area (Å²) in [4.78, 5) is 1.66. The van der Waals surface area contributed by atoms with E-state index < -0.39 is 0 Å². The Balaban J connectivity index is 2.61. The summed E-state index contributed by atoms with van der Waals surface area (Å²) in [7, 11) is 0. The van der Waals surface area contributed by atoms with Crippen molar-refractivity contribution in [3.63, 3.8) is 0 Å². The summed E-state index contributed by atoms with van der Waals surface area (Å²) < 4.78 is 4.84. The van der Waals surface area contributed by atoms with Crippen molar-refractivity contribution in [1.29, 1.82) is 0 Å². The van der Waals surface area contributed by atoms with Crippen LogP contribution in [0, 0.1) is 13.8 Å². The van der Waals surface area contributed by atoms with Crippen LogP contribution in [0.15, 0.2) is 22.8 Å². The first kappa shape index (κ1) is 6.34. The van der Waals surface area contributed by atoms with Crippen LogP contribution in [0.4, 0.5) is 0 Å². The van der Waals surface area contributed by atoms with Crippen LogP contribution in [-0.4, -0.2) is 10.1 Å². The maximum atomic E-state index is 4.84. The standard InChI is InChI=1S/C8H10N2O/c1-6-4-3-5-7(2)8(6)10-9-11-10/h3-5,9H,1-2H3. The lowest BCUT2D eigenvalue weighted by Crippen LogP contribution is -1.91. The van der Waals surface area contributed by atoms with Crippen molar-refractivity contribution < 1.29 is 4.63 Å². The second kappa shape index (κ2) is 2.05. The molecular formula is C8H10N2O. The quantitative estimate of drug-likeness (QED) is 0.662. The molecule has 58 valence electrons. The van der Waals surface area contributed by atoms with Crippen molar-refractivity contribution in [2.75, 3.05) is 0 Å². The molecule has 3 heteroatoms. The van der Waals surface area contributed by atoms with Crippen molar-refractivity contribution in [2.24, 2.45) is 0 Å². The molecule has 1 aromatic carbocycles. The van der Waals surface area contributed by atoms with Crippen LogP contribution in [0.1, 0.15) is 11.1 Å². The molecular weight excluding hydrogens is 140 g/mol. The van der Waals surface area contributed by atoms with Crippen LogP contribution in [-0.2, 0) is 0 Å². The number of aromatic amines is 1. The third kappa shape index (κ3) is 0.981. The van der Waals surface area contributed by atoms with Crippen LogP contribution < -0.4 is 0 Å². The molecule has 0 radical (unpaired) electrons. The van der Waals surface area contributed by atoms with Crippen molar-refractivity contribution in [3.8, 4) is 5.69 Å². The van der Waals surface area contributed by atoms with Crippen LogP contribution in [0.2, 0.25) is 0 Å². The Morgan fingerprint density at radius 1 is 1.27 bits per heavy atom. The Bertz CT molecular complexity index is 325. The van der Waals surface area contributed by atoms with Gasteiger partial charge < -0.3 is 0 Å². The van der Waals surface area contributed by atoms with E-state index in [4.69, 9.17) is 4.63 Å². The zero-order chi connectivity index (χ0) is 7.84. The Labute approximate surface area is 64.5 Å². The normalized spacial score (nSPS) is 10.7. The van der Waals surface area contributed by atoms with Gasteiger partial charge in [0.15, 0.2) is 0 Å². The molecule has 0 bridgehead atoms. The van der Waals surface area contributed by atoms with Crippen molar-refractivity contribution in [1.82, 2.24) is 10.1 Å². The number of rotatable bonds is 1. The van der Waals surface area contributed by atoms with Crippen molar-refractivity contribution >= 4 is 0 Å². The maximum absolute atomic E-state index is 4.84. The van der Waals surface area contributed by atoms with E-state index in [1.807, 2.05) is 6.07 Å². The minimum Gasteiger partial charge on any atom is -0.252 e. The van der Waals surface area contributed by atoms with E-state index in [9.17, 15) is 0 Å². The largest absolute Gasteiger partial charge is 0.252 e. The second-order valence-electron chi connectivity index (χ2n) is 2.72. The number of aromatic nitrogens is 2. The molecule has 0 unspecified atom stereocenters. The average molecular weight is 150 g/mol. The molecule has 11 heavy (non-hydrogen) atoms. The Kier molecular flexibility index (Phi) is 1.18. The van der Waals surface area contributed by atoms with E-state index in [1.165, 1.54) is 11.1 Å². The van der Waals surface area contributed by atoms with Crippen LogP contribution in [0.5, 0.6) is 0 Å². The fourth-order valence-electron chi connectivity index (χ4n) is 1.24. The van der Waals surface area contributed by atoms with Gasteiger partial charge in [0.25, 0.3) is 0 Å². The number of aryl methyl sites for hydroxylation is 2. The van der Waals surface area contributed by atoms with E-state index >= 15 is 0 Å². The zero-order valence-corrected chi connectivity index (χ0v) is 6.59. The van der Waals surface area contributed by atoms with Gasteiger partial charge >= 0.3 is 0 Å². The lowest BCUT2D eigenvalue weighted by molar-refractivity contribution is 0.499. The van der Waals surface area contributed by atoms with Crippen LogP contribution in [0.25, 0.3) is 5.69 Å². The van der Waals surface area contributed by atoms with Gasteiger partial charge in [-0.3, -0.25) is 4.63 Å². The summed E-state index contributed by atoms with van der Waals surface area (Å²) in [5.41, 5.74) is 3.55. The van der Waals surface area contributed by atoms with Gasteiger partial charge in [0, 0.05) is 0 Å². The molecule has 1 aromatic heterocycles. The van der Waals surface area contributed by atoms with Gasteiger partial charge in [0.05, 0.1) is 0 Å². The predicted molar refractivity (Wildman–Crippen MR) is 41.9 cm³/mol. The Morgan fingerprint density at radius 2 is 1.82 bits per heavy atom. The van der Waals surface area contributed by atoms with E-state index in [0.29, 0.717) is 0 Å². The van der Waals surface area contributed by atoms with Crippen LogP contribution in [0.3, 0.4) is 0 Å². The summed E-state index contributed by atoms with van der Waals surface area (Å²) in [5.74, 6) is 0. The fourth-order valence-corrected chi connectivity index (χ4v) is 1.24. The lowest BCUT2D eigenvalue weighted by atomic mass is 10.1. The van der Waals surface area contributed by atoms with E-state index in [2.05, 4.69) is 31.3 Å². The van der Waals surface area contributed by atoms with Gasteiger partial charge in [-0.05, 0) is 25.0 Å². The van der Waals surface area contributed by atoms with Crippen LogP contribution >= 0.6 is 0 Å². The van der Waals surface area contributed by atoms with E-state index in [0.717, 1.165) is 5.69 Å². The SMILES string of the molecule is Cc1cccc(C)c1-n1[nH]o1. The van der Waals surface area contributed by atoms with E-state index in [-0.39, 0.29) is 0 Å². The van der Waals surface area contributed by atoms with Gasteiger partial charge in [0.2, 0.25) is 0 Å². The first-order valence-corrected chi connectivity index (χ1v) is 3.58. The lowest BCUT2D eigenvalue weighted by Gasteiger charge is -2.00. The minimum atomic E-state index is 1.12. The molecule has 0 fully saturated rings. The fraction of sp³-hybridized carbons (Fsp3) is 0.250. The number of hydrogen-bond donors (Lipinski definition) is 1. The average Bonchev–Trinajstić information content (AvgIpc) is 2.70. The molecule has 0 aliphatic heterocycles. The number of para-hydroxylation sites is 1. The maximum Gasteiger partial charge on any atom is 0.111 e. The van der Waals surface area contributed by atoms with Crippen molar-refractivity contribution in [3.05, 3.63) is 29.3 Å². The highest BCUT2D eigenvalue weighted by Crippen LogP contribution is 2.18. The first-order chi connectivity index (χ1) is 5.29. The number of nitrogens with zero attached hydrogens (tertiary/aromatic N) is 1. The smallest absolute Gasteiger partial charge is 0.111 e. The van der Waals surface area contributed by atoms with Gasteiger partial charge in [-0.25, -0.2) is 0 Å². The van der Waals surface area contributed by atoms with Gasteiger partial charge in [0.1, 0.15) is 5.69 Å². The third-order valence-corrected chi connectivity index (χ3v) is 1.83. The number of nitrogens with one attached hydrogen (secondary N) is 1. The van der Waals surface area contributed by atoms with Crippen molar-refractivity contribution in [2.45, 2.75) is 13.8 Å². The molecule has 3 nitrogen and oxygen atoms in total. The van der Waals surface area contributed by atoms with Gasteiger partial charge in [-0.1, -0.05) is 28.3 Å². The van der Waals surface area contributed by atoms with Gasteiger partial charge in [-0.15, -0.1) is 0 Å². The molecule has 0 aliphatic carbocycles. The molecule has 0 amide bonds.